The average molecular weight is 328 g/mol. The second-order valence-electron chi connectivity index (χ2n) is 5.44. The highest BCUT2D eigenvalue weighted by Gasteiger charge is 2.16. The fraction of sp³-hybridized carbons (Fsp3) is 0.533. The summed E-state index contributed by atoms with van der Waals surface area (Å²) in [5.74, 6) is 0.387. The number of carbonyl (C=O) groups is 1. The SMILES string of the molecule is COc1ccc(C(CNC(=O)CCS(C)(=O)=O)N(C)C)cc1. The van der Waals surface area contributed by atoms with Crippen molar-refractivity contribution in [1.82, 2.24) is 10.2 Å². The lowest BCUT2D eigenvalue weighted by Gasteiger charge is -2.25. The number of rotatable bonds is 8. The third-order valence-electron chi connectivity index (χ3n) is 3.32. The quantitative estimate of drug-likeness (QED) is 0.766. The van der Waals surface area contributed by atoms with Crippen molar-refractivity contribution >= 4 is 15.7 Å². The molecule has 1 aromatic rings. The molecule has 0 saturated heterocycles. The Bertz CT molecular complexity index is 582. The predicted octanol–water partition coefficient (Wildman–Crippen LogP) is 0.849. The molecule has 7 heteroatoms. The summed E-state index contributed by atoms with van der Waals surface area (Å²) in [6.45, 7) is 0.419. The van der Waals surface area contributed by atoms with Crippen molar-refractivity contribution in [3.8, 4) is 5.75 Å². The van der Waals surface area contributed by atoms with E-state index in [2.05, 4.69) is 5.32 Å². The zero-order valence-electron chi connectivity index (χ0n) is 13.5. The highest BCUT2D eigenvalue weighted by Crippen LogP contribution is 2.20. The molecule has 1 rings (SSSR count). The molecule has 0 bridgehead atoms. The van der Waals surface area contributed by atoms with Crippen molar-refractivity contribution in [2.45, 2.75) is 12.5 Å². The molecule has 0 fully saturated rings. The number of sulfone groups is 1. The van der Waals surface area contributed by atoms with Gasteiger partial charge < -0.3 is 15.0 Å². The van der Waals surface area contributed by atoms with Gasteiger partial charge in [-0.15, -0.1) is 0 Å². The molecule has 1 unspecified atom stereocenters. The van der Waals surface area contributed by atoms with E-state index in [1.165, 1.54) is 0 Å². The molecule has 0 aliphatic carbocycles. The number of carbonyl (C=O) groups excluding carboxylic acids is 1. The Morgan fingerprint density at radius 1 is 1.27 bits per heavy atom. The summed E-state index contributed by atoms with van der Waals surface area (Å²) >= 11 is 0. The van der Waals surface area contributed by atoms with Crippen LogP contribution in [0.25, 0.3) is 0 Å². The van der Waals surface area contributed by atoms with E-state index in [9.17, 15) is 13.2 Å². The van der Waals surface area contributed by atoms with E-state index in [1.807, 2.05) is 43.3 Å². The van der Waals surface area contributed by atoms with Gasteiger partial charge in [-0.2, -0.15) is 0 Å². The number of hydrogen-bond donors (Lipinski definition) is 1. The number of nitrogens with one attached hydrogen (secondary N) is 1. The number of hydrogen-bond acceptors (Lipinski definition) is 5. The summed E-state index contributed by atoms with van der Waals surface area (Å²) in [6.07, 6.45) is 1.11. The fourth-order valence-corrected chi connectivity index (χ4v) is 2.56. The van der Waals surface area contributed by atoms with Crippen LogP contribution in [0.3, 0.4) is 0 Å². The summed E-state index contributed by atoms with van der Waals surface area (Å²) in [5.41, 5.74) is 1.05. The Morgan fingerprint density at radius 3 is 2.32 bits per heavy atom. The van der Waals surface area contributed by atoms with Gasteiger partial charge in [0.1, 0.15) is 15.6 Å². The number of methoxy groups -OCH3 is 1. The molecule has 6 nitrogen and oxygen atoms in total. The highest BCUT2D eigenvalue weighted by molar-refractivity contribution is 7.90. The molecule has 1 atom stereocenters. The van der Waals surface area contributed by atoms with E-state index in [-0.39, 0.29) is 24.1 Å². The van der Waals surface area contributed by atoms with Crippen molar-refractivity contribution < 1.29 is 17.9 Å². The minimum absolute atomic E-state index is 0.00749. The zero-order chi connectivity index (χ0) is 16.8. The van der Waals surface area contributed by atoms with E-state index < -0.39 is 9.84 Å². The highest BCUT2D eigenvalue weighted by atomic mass is 32.2. The molecule has 1 amide bonds. The molecule has 0 radical (unpaired) electrons. The predicted molar refractivity (Wildman–Crippen MR) is 86.8 cm³/mol. The van der Waals surface area contributed by atoms with Gasteiger partial charge in [-0.1, -0.05) is 12.1 Å². The number of nitrogens with zero attached hydrogens (tertiary/aromatic N) is 1. The van der Waals surface area contributed by atoms with Gasteiger partial charge in [0.15, 0.2) is 0 Å². The Balaban J connectivity index is 2.62. The van der Waals surface area contributed by atoms with Crippen LogP contribution in [0.1, 0.15) is 18.0 Å². The van der Waals surface area contributed by atoms with Crippen LogP contribution in [-0.4, -0.2) is 59.0 Å². The maximum atomic E-state index is 11.7. The lowest BCUT2D eigenvalue weighted by molar-refractivity contribution is -0.120. The van der Waals surface area contributed by atoms with Gasteiger partial charge in [0, 0.05) is 19.2 Å². The first-order valence-electron chi connectivity index (χ1n) is 6.97. The van der Waals surface area contributed by atoms with E-state index in [0.717, 1.165) is 17.6 Å². The van der Waals surface area contributed by atoms with Crippen molar-refractivity contribution in [1.29, 1.82) is 0 Å². The first-order chi connectivity index (χ1) is 10.2. The Morgan fingerprint density at radius 2 is 1.86 bits per heavy atom. The minimum Gasteiger partial charge on any atom is -0.497 e. The van der Waals surface area contributed by atoms with Gasteiger partial charge in [0.25, 0.3) is 0 Å². The topological polar surface area (TPSA) is 75.7 Å². The molecular formula is C15H24N2O4S. The third kappa shape index (κ3) is 6.44. The summed E-state index contributed by atoms with van der Waals surface area (Å²) in [6, 6.07) is 7.65. The van der Waals surface area contributed by atoms with Crippen molar-refractivity contribution in [3.63, 3.8) is 0 Å². The van der Waals surface area contributed by atoms with Crippen LogP contribution in [0.4, 0.5) is 0 Å². The van der Waals surface area contributed by atoms with Crippen molar-refractivity contribution in [2.24, 2.45) is 0 Å². The first kappa shape index (κ1) is 18.4. The Labute approximate surface area is 132 Å². The standard InChI is InChI=1S/C15H24N2O4S/c1-17(2)14(12-5-7-13(21-3)8-6-12)11-16-15(18)9-10-22(4,19)20/h5-8,14H,9-11H2,1-4H3,(H,16,18). The number of likely N-dealkylation sites (N-methyl/N-ethyl adjacent to an activating group) is 1. The van der Waals surface area contributed by atoms with Crippen LogP contribution < -0.4 is 10.1 Å². The normalized spacial score (nSPS) is 13.0. The second kappa shape index (κ2) is 8.14. The molecule has 22 heavy (non-hydrogen) atoms. The molecule has 1 N–H and O–H groups in total. The average Bonchev–Trinajstić information content (AvgIpc) is 2.45. The van der Waals surface area contributed by atoms with Gasteiger partial charge in [0.2, 0.25) is 5.91 Å². The summed E-state index contributed by atoms with van der Waals surface area (Å²) in [5, 5.41) is 2.79. The van der Waals surface area contributed by atoms with Gasteiger partial charge >= 0.3 is 0 Å². The number of amides is 1. The molecule has 0 aromatic heterocycles. The maximum Gasteiger partial charge on any atom is 0.221 e. The Kier molecular flexibility index (Phi) is 6.83. The van der Waals surface area contributed by atoms with E-state index in [4.69, 9.17) is 4.74 Å². The van der Waals surface area contributed by atoms with Gasteiger partial charge in [-0.25, -0.2) is 8.42 Å². The number of benzene rings is 1. The zero-order valence-corrected chi connectivity index (χ0v) is 14.3. The van der Waals surface area contributed by atoms with Crippen LogP contribution in [0.5, 0.6) is 5.75 Å². The largest absolute Gasteiger partial charge is 0.497 e. The van der Waals surface area contributed by atoms with Crippen molar-refractivity contribution in [2.75, 3.05) is 39.8 Å². The molecule has 0 heterocycles. The summed E-state index contributed by atoms with van der Waals surface area (Å²) < 4.78 is 27.3. The molecule has 124 valence electrons. The van der Waals surface area contributed by atoms with Crippen LogP contribution >= 0.6 is 0 Å². The lowest BCUT2D eigenvalue weighted by Crippen LogP contribution is -2.35. The maximum absolute atomic E-state index is 11.7. The molecular weight excluding hydrogens is 304 g/mol. The van der Waals surface area contributed by atoms with Crippen LogP contribution in [0, 0.1) is 0 Å². The van der Waals surface area contributed by atoms with Gasteiger partial charge in [0.05, 0.1) is 18.9 Å². The van der Waals surface area contributed by atoms with E-state index in [1.54, 1.807) is 7.11 Å². The second-order valence-corrected chi connectivity index (χ2v) is 7.70. The molecule has 0 spiro atoms. The smallest absolute Gasteiger partial charge is 0.221 e. The Hall–Kier alpha value is -1.60. The molecule has 0 aliphatic rings. The molecule has 0 saturated carbocycles. The minimum atomic E-state index is -3.12. The van der Waals surface area contributed by atoms with E-state index in [0.29, 0.717) is 6.54 Å². The van der Waals surface area contributed by atoms with Crippen LogP contribution in [0.15, 0.2) is 24.3 Å². The molecule has 0 aliphatic heterocycles. The third-order valence-corrected chi connectivity index (χ3v) is 4.26. The van der Waals surface area contributed by atoms with Gasteiger partial charge in [-0.05, 0) is 31.8 Å². The van der Waals surface area contributed by atoms with Crippen LogP contribution in [0.2, 0.25) is 0 Å². The summed E-state index contributed by atoms with van der Waals surface area (Å²) in [7, 11) is 2.35. The first-order valence-corrected chi connectivity index (χ1v) is 9.04. The monoisotopic (exact) mass is 328 g/mol. The van der Waals surface area contributed by atoms with Gasteiger partial charge in [-0.3, -0.25) is 4.79 Å². The number of ether oxygens (including phenoxy) is 1. The molecule has 1 aromatic carbocycles. The summed E-state index contributed by atoms with van der Waals surface area (Å²) in [4.78, 5) is 13.7. The van der Waals surface area contributed by atoms with E-state index >= 15 is 0 Å². The fourth-order valence-electron chi connectivity index (χ4n) is 2.00. The van der Waals surface area contributed by atoms with Crippen molar-refractivity contribution in [3.05, 3.63) is 29.8 Å². The van der Waals surface area contributed by atoms with Crippen LogP contribution in [-0.2, 0) is 14.6 Å². The lowest BCUT2D eigenvalue weighted by atomic mass is 10.1.